The van der Waals surface area contributed by atoms with Crippen LogP contribution in [0.1, 0.15) is 28.4 Å². The van der Waals surface area contributed by atoms with Crippen LogP contribution in [0.4, 0.5) is 0 Å². The van der Waals surface area contributed by atoms with Crippen molar-refractivity contribution < 1.29 is 9.53 Å². The largest absolute Gasteiger partial charge is 0.465 e. The van der Waals surface area contributed by atoms with E-state index in [1.165, 1.54) is 22.3 Å². The van der Waals surface area contributed by atoms with Gasteiger partial charge in [-0.2, -0.15) is 4.99 Å². The molecule has 158 valence electrons. The van der Waals surface area contributed by atoms with Crippen LogP contribution in [0.15, 0.2) is 96.0 Å². The van der Waals surface area contributed by atoms with E-state index in [0.717, 1.165) is 10.8 Å². The van der Waals surface area contributed by atoms with E-state index in [9.17, 15) is 4.79 Å². The Kier molecular flexibility index (Phi) is 5.42. The van der Waals surface area contributed by atoms with Gasteiger partial charge in [-0.3, -0.25) is 4.79 Å². The second-order valence-electron chi connectivity index (χ2n) is 7.86. The van der Waals surface area contributed by atoms with E-state index in [1.54, 1.807) is 0 Å². The molecular formula is C28H24N2O2. The Balaban J connectivity index is 1.53. The Morgan fingerprint density at radius 3 is 2.06 bits per heavy atom. The number of hydrogen-bond acceptors (Lipinski definition) is 2. The molecule has 0 saturated carbocycles. The molecule has 1 aliphatic rings. The van der Waals surface area contributed by atoms with E-state index >= 15 is 0 Å². The fourth-order valence-corrected chi connectivity index (χ4v) is 4.24. The van der Waals surface area contributed by atoms with Crippen molar-refractivity contribution in [1.82, 2.24) is 4.90 Å². The average molecular weight is 421 g/mol. The average Bonchev–Trinajstić information content (AvgIpc) is 3.00. The van der Waals surface area contributed by atoms with Crippen LogP contribution in [0, 0.1) is 0 Å². The number of ether oxygens (including phenoxy) is 1. The fraction of sp³-hybridized carbons (Fsp3) is 0.143. The molecule has 4 aromatic carbocycles. The highest BCUT2D eigenvalue weighted by Crippen LogP contribution is 2.32. The van der Waals surface area contributed by atoms with Crippen LogP contribution in [-0.2, 0) is 17.8 Å². The van der Waals surface area contributed by atoms with Crippen LogP contribution in [0.25, 0.3) is 21.9 Å². The number of amidine groups is 1. The zero-order chi connectivity index (χ0) is 21.9. The Hall–Kier alpha value is -3.92. The van der Waals surface area contributed by atoms with Crippen LogP contribution in [0.2, 0.25) is 0 Å². The second-order valence-corrected chi connectivity index (χ2v) is 7.86. The zero-order valence-electron chi connectivity index (χ0n) is 18.0. The molecule has 0 unspecified atom stereocenters. The molecule has 4 aromatic rings. The van der Waals surface area contributed by atoms with Crippen molar-refractivity contribution in [1.29, 1.82) is 0 Å². The molecule has 0 radical (unpaired) electrons. The molecule has 0 bridgehead atoms. The summed E-state index contributed by atoms with van der Waals surface area (Å²) in [5.41, 5.74) is 5.34. The lowest BCUT2D eigenvalue weighted by Gasteiger charge is -2.24. The quantitative estimate of drug-likeness (QED) is 0.293. The van der Waals surface area contributed by atoms with Crippen LogP contribution in [-0.4, -0.2) is 23.4 Å². The van der Waals surface area contributed by atoms with Crippen LogP contribution in [0.3, 0.4) is 0 Å². The first-order chi connectivity index (χ1) is 15.7. The van der Waals surface area contributed by atoms with Gasteiger partial charge < -0.3 is 9.64 Å². The molecule has 0 saturated heterocycles. The number of rotatable bonds is 2. The van der Waals surface area contributed by atoms with Crippen molar-refractivity contribution in [2.24, 2.45) is 4.99 Å². The normalized spacial score (nSPS) is 13.3. The number of nitrogens with zero attached hydrogens (tertiary/aromatic N) is 2. The highest BCUT2D eigenvalue weighted by molar-refractivity contribution is 6.03. The summed E-state index contributed by atoms with van der Waals surface area (Å²) in [6.45, 7) is 3.59. The molecule has 1 amide bonds. The van der Waals surface area contributed by atoms with E-state index < -0.39 is 0 Å². The molecule has 0 N–H and O–H groups in total. The maximum absolute atomic E-state index is 13.1. The summed E-state index contributed by atoms with van der Waals surface area (Å²) < 4.78 is 5.90. The maximum Gasteiger partial charge on any atom is 0.296 e. The minimum Gasteiger partial charge on any atom is -0.465 e. The monoisotopic (exact) mass is 420 g/mol. The molecular weight excluding hydrogens is 396 g/mol. The van der Waals surface area contributed by atoms with Gasteiger partial charge >= 0.3 is 0 Å². The predicted octanol–water partition coefficient (Wildman–Crippen LogP) is 6.06. The Morgan fingerprint density at radius 1 is 0.812 bits per heavy atom. The number of benzene rings is 4. The van der Waals surface area contributed by atoms with Crippen molar-refractivity contribution in [2.75, 3.05) is 6.61 Å². The Labute approximate surface area is 187 Å². The summed E-state index contributed by atoms with van der Waals surface area (Å²) in [5, 5.41) is 2.11. The molecule has 0 fully saturated rings. The lowest BCUT2D eigenvalue weighted by atomic mass is 9.97. The standard InChI is InChI=1S/C28H24N2O2/c1-2-32-28(29-27(31)22-16-15-20-9-3-4-10-21(20)17-22)30-18-23-11-5-7-13-25(23)26-14-8-6-12-24(26)19-30/h3-17H,2,18-19H2,1H3. The van der Waals surface area contributed by atoms with Gasteiger partial charge in [0, 0.05) is 18.7 Å². The summed E-state index contributed by atoms with van der Waals surface area (Å²) in [6, 6.07) is 30.8. The number of carbonyl (C=O) groups excluding carboxylic acids is 1. The van der Waals surface area contributed by atoms with Crippen molar-refractivity contribution in [3.63, 3.8) is 0 Å². The lowest BCUT2D eigenvalue weighted by Crippen LogP contribution is -2.32. The van der Waals surface area contributed by atoms with E-state index in [0.29, 0.717) is 31.3 Å². The summed E-state index contributed by atoms with van der Waals surface area (Å²) in [4.78, 5) is 19.6. The van der Waals surface area contributed by atoms with Crippen molar-refractivity contribution in [3.05, 3.63) is 108 Å². The highest BCUT2D eigenvalue weighted by Gasteiger charge is 2.23. The highest BCUT2D eigenvalue weighted by atomic mass is 16.5. The molecule has 4 heteroatoms. The van der Waals surface area contributed by atoms with E-state index in [4.69, 9.17) is 4.74 Å². The van der Waals surface area contributed by atoms with Gasteiger partial charge in [-0.25, -0.2) is 0 Å². The number of amides is 1. The summed E-state index contributed by atoms with van der Waals surface area (Å²) >= 11 is 0. The summed E-state index contributed by atoms with van der Waals surface area (Å²) in [6.07, 6.45) is 0. The first kappa shape index (κ1) is 20.0. The molecule has 0 spiro atoms. The fourth-order valence-electron chi connectivity index (χ4n) is 4.24. The van der Waals surface area contributed by atoms with Gasteiger partial charge in [-0.05, 0) is 52.1 Å². The van der Waals surface area contributed by atoms with Gasteiger partial charge in [-0.15, -0.1) is 0 Å². The van der Waals surface area contributed by atoms with Crippen LogP contribution >= 0.6 is 0 Å². The molecule has 1 heterocycles. The molecule has 32 heavy (non-hydrogen) atoms. The third kappa shape index (κ3) is 3.87. The van der Waals surface area contributed by atoms with Gasteiger partial charge in [0.15, 0.2) is 0 Å². The van der Waals surface area contributed by atoms with Crippen LogP contribution < -0.4 is 0 Å². The van der Waals surface area contributed by atoms with Crippen LogP contribution in [0.5, 0.6) is 0 Å². The van der Waals surface area contributed by atoms with E-state index in [2.05, 4.69) is 41.4 Å². The predicted molar refractivity (Wildman–Crippen MR) is 128 cm³/mol. The van der Waals surface area contributed by atoms with Crippen molar-refractivity contribution in [2.45, 2.75) is 20.0 Å². The zero-order valence-corrected chi connectivity index (χ0v) is 18.0. The molecule has 0 aliphatic carbocycles. The Morgan fingerprint density at radius 2 is 1.41 bits per heavy atom. The number of aliphatic imine (C=N–C) groups is 1. The van der Waals surface area contributed by atoms with Gasteiger partial charge in [0.05, 0.1) is 6.61 Å². The van der Waals surface area contributed by atoms with E-state index in [-0.39, 0.29) is 5.91 Å². The van der Waals surface area contributed by atoms with Gasteiger partial charge in [0.2, 0.25) is 0 Å². The topological polar surface area (TPSA) is 41.9 Å². The molecule has 0 atom stereocenters. The van der Waals surface area contributed by atoms with Gasteiger partial charge in [0.25, 0.3) is 11.9 Å². The second kappa shape index (κ2) is 8.67. The molecule has 4 nitrogen and oxygen atoms in total. The van der Waals surface area contributed by atoms with Gasteiger partial charge in [-0.1, -0.05) is 78.9 Å². The SMILES string of the molecule is CCOC(=NC(=O)c1ccc2ccccc2c1)N1Cc2ccccc2-c2ccccc2C1. The van der Waals surface area contributed by atoms with Gasteiger partial charge in [0.1, 0.15) is 0 Å². The smallest absolute Gasteiger partial charge is 0.296 e. The third-order valence-electron chi connectivity index (χ3n) is 5.78. The number of carbonyl (C=O) groups is 1. The molecule has 1 aliphatic heterocycles. The first-order valence-electron chi connectivity index (χ1n) is 10.9. The Bertz CT molecular complexity index is 1280. The van der Waals surface area contributed by atoms with Crippen molar-refractivity contribution in [3.8, 4) is 11.1 Å². The summed E-state index contributed by atoms with van der Waals surface area (Å²) in [7, 11) is 0. The number of hydrogen-bond donors (Lipinski definition) is 0. The third-order valence-corrected chi connectivity index (χ3v) is 5.78. The molecule has 0 aromatic heterocycles. The number of fused-ring (bicyclic) bond motifs is 4. The minimum atomic E-state index is -0.301. The minimum absolute atomic E-state index is 0.301. The lowest BCUT2D eigenvalue weighted by molar-refractivity contribution is 0.0993. The van der Waals surface area contributed by atoms with Crippen molar-refractivity contribution >= 4 is 22.7 Å². The molecule has 5 rings (SSSR count). The maximum atomic E-state index is 13.1. The summed E-state index contributed by atoms with van der Waals surface area (Å²) in [5.74, 6) is -0.301. The van der Waals surface area contributed by atoms with E-state index in [1.807, 2.05) is 66.4 Å². The first-order valence-corrected chi connectivity index (χ1v) is 10.9.